The third kappa shape index (κ3) is 4.48. The summed E-state index contributed by atoms with van der Waals surface area (Å²) in [6.45, 7) is 2.56. The molecule has 0 aliphatic heterocycles. The third-order valence-electron chi connectivity index (χ3n) is 2.60. The summed E-state index contributed by atoms with van der Waals surface area (Å²) in [7, 11) is -3.48. The van der Waals surface area contributed by atoms with Gasteiger partial charge in [0.2, 0.25) is 10.0 Å². The molecule has 0 heterocycles. The summed E-state index contributed by atoms with van der Waals surface area (Å²) in [6.07, 6.45) is 4.12. The van der Waals surface area contributed by atoms with E-state index in [1.54, 1.807) is 0 Å². The van der Waals surface area contributed by atoms with Gasteiger partial charge in [-0.2, -0.15) is 0 Å². The van der Waals surface area contributed by atoms with E-state index in [9.17, 15) is 8.42 Å². The van der Waals surface area contributed by atoms with Crippen LogP contribution in [0.5, 0.6) is 0 Å². The molecule has 1 aromatic carbocycles. The highest BCUT2D eigenvalue weighted by molar-refractivity contribution is 7.89. The Labute approximate surface area is 114 Å². The summed E-state index contributed by atoms with van der Waals surface area (Å²) >= 11 is 5.81. The molecule has 0 bridgehead atoms. The molecule has 0 amide bonds. The molecule has 102 valence electrons. The maximum absolute atomic E-state index is 11.9. The summed E-state index contributed by atoms with van der Waals surface area (Å²) < 4.78 is 26.4. The van der Waals surface area contributed by atoms with E-state index in [2.05, 4.69) is 11.6 Å². The number of nitrogens with one attached hydrogen (secondary N) is 1. The van der Waals surface area contributed by atoms with E-state index in [1.165, 1.54) is 18.2 Å². The van der Waals surface area contributed by atoms with Crippen LogP contribution in [0.3, 0.4) is 0 Å². The van der Waals surface area contributed by atoms with E-state index in [4.69, 9.17) is 17.3 Å². The van der Waals surface area contributed by atoms with Gasteiger partial charge in [-0.3, -0.25) is 0 Å². The van der Waals surface area contributed by atoms with Crippen LogP contribution in [0, 0.1) is 0 Å². The number of hydrogen-bond acceptors (Lipinski definition) is 3. The molecule has 0 unspecified atom stereocenters. The average molecular weight is 291 g/mol. The highest BCUT2D eigenvalue weighted by atomic mass is 35.5. The maximum atomic E-state index is 11.9. The first-order valence-electron chi connectivity index (χ1n) is 6.02. The first kappa shape index (κ1) is 15.3. The van der Waals surface area contributed by atoms with E-state index in [0.717, 1.165) is 25.7 Å². The minimum Gasteiger partial charge on any atom is -0.398 e. The number of hydrogen-bond donors (Lipinski definition) is 2. The Morgan fingerprint density at radius 2 is 2.00 bits per heavy atom. The van der Waals surface area contributed by atoms with Crippen molar-refractivity contribution in [3.8, 4) is 0 Å². The molecule has 0 atom stereocenters. The van der Waals surface area contributed by atoms with Crippen LogP contribution in [0.1, 0.15) is 32.6 Å². The van der Waals surface area contributed by atoms with Gasteiger partial charge in [-0.1, -0.05) is 37.8 Å². The fourth-order valence-corrected chi connectivity index (χ4v) is 2.86. The second kappa shape index (κ2) is 6.97. The molecule has 0 fully saturated rings. The van der Waals surface area contributed by atoms with Gasteiger partial charge in [0.05, 0.1) is 15.6 Å². The number of sulfonamides is 1. The van der Waals surface area contributed by atoms with Crippen LogP contribution >= 0.6 is 11.6 Å². The molecule has 4 nitrogen and oxygen atoms in total. The zero-order valence-corrected chi connectivity index (χ0v) is 12.0. The normalized spacial score (nSPS) is 11.7. The minimum absolute atomic E-state index is 0.150. The minimum atomic E-state index is -3.48. The highest BCUT2D eigenvalue weighted by Gasteiger charge is 2.14. The van der Waals surface area contributed by atoms with Gasteiger partial charge in [0.1, 0.15) is 0 Å². The van der Waals surface area contributed by atoms with Crippen LogP contribution in [-0.4, -0.2) is 15.0 Å². The number of anilines is 1. The fraction of sp³-hybridized carbons (Fsp3) is 0.500. The Kier molecular flexibility index (Phi) is 5.91. The van der Waals surface area contributed by atoms with E-state index in [0.29, 0.717) is 12.2 Å². The third-order valence-corrected chi connectivity index (χ3v) is 4.39. The largest absolute Gasteiger partial charge is 0.398 e. The van der Waals surface area contributed by atoms with E-state index >= 15 is 0 Å². The van der Waals surface area contributed by atoms with Gasteiger partial charge in [-0.25, -0.2) is 13.1 Å². The molecule has 0 aliphatic rings. The maximum Gasteiger partial charge on any atom is 0.240 e. The van der Waals surface area contributed by atoms with Crippen LogP contribution in [0.2, 0.25) is 5.02 Å². The van der Waals surface area contributed by atoms with Crippen LogP contribution in [0.4, 0.5) is 5.69 Å². The number of rotatable bonds is 7. The van der Waals surface area contributed by atoms with Gasteiger partial charge < -0.3 is 5.73 Å². The fourth-order valence-electron chi connectivity index (χ4n) is 1.52. The number of nitrogen functional groups attached to an aromatic ring is 1. The van der Waals surface area contributed by atoms with Crippen molar-refractivity contribution in [2.75, 3.05) is 12.3 Å². The van der Waals surface area contributed by atoms with Crippen molar-refractivity contribution in [1.29, 1.82) is 0 Å². The smallest absolute Gasteiger partial charge is 0.240 e. The van der Waals surface area contributed by atoms with Crippen LogP contribution in [-0.2, 0) is 10.0 Å². The Morgan fingerprint density at radius 3 is 2.61 bits per heavy atom. The predicted octanol–water partition coefficient (Wildman–Crippen LogP) is 2.78. The number of unbranched alkanes of at least 4 members (excludes halogenated alkanes) is 3. The monoisotopic (exact) mass is 290 g/mol. The Hall–Kier alpha value is -0.780. The molecule has 6 heteroatoms. The van der Waals surface area contributed by atoms with Crippen LogP contribution in [0.15, 0.2) is 23.1 Å². The second-order valence-electron chi connectivity index (χ2n) is 4.14. The van der Waals surface area contributed by atoms with Crippen LogP contribution in [0.25, 0.3) is 0 Å². The van der Waals surface area contributed by atoms with E-state index < -0.39 is 10.0 Å². The quantitative estimate of drug-likeness (QED) is 0.599. The lowest BCUT2D eigenvalue weighted by molar-refractivity contribution is 0.573. The standard InChI is InChI=1S/C12H19ClN2O2S/c1-2-3-4-5-8-15-18(16,17)10-6-7-12(14)11(13)9-10/h6-7,9,15H,2-5,8,14H2,1H3. The molecule has 0 radical (unpaired) electrons. The van der Waals surface area contributed by atoms with Crippen molar-refractivity contribution in [1.82, 2.24) is 4.72 Å². The molecule has 0 saturated carbocycles. The van der Waals surface area contributed by atoms with Gasteiger partial charge in [-0.15, -0.1) is 0 Å². The lowest BCUT2D eigenvalue weighted by Gasteiger charge is -2.07. The molecule has 0 aliphatic carbocycles. The first-order chi connectivity index (χ1) is 8.47. The van der Waals surface area contributed by atoms with Crippen molar-refractivity contribution in [2.24, 2.45) is 0 Å². The number of benzene rings is 1. The Bertz CT molecular complexity index is 489. The molecular weight excluding hydrogens is 272 g/mol. The van der Waals surface area contributed by atoms with Crippen LogP contribution < -0.4 is 10.5 Å². The second-order valence-corrected chi connectivity index (χ2v) is 6.32. The number of halogens is 1. The number of nitrogens with two attached hydrogens (primary N) is 1. The average Bonchev–Trinajstić information content (AvgIpc) is 2.32. The predicted molar refractivity (Wildman–Crippen MR) is 75.2 cm³/mol. The molecule has 1 aromatic rings. The van der Waals surface area contributed by atoms with Gasteiger partial charge in [-0.05, 0) is 24.6 Å². The van der Waals surface area contributed by atoms with Gasteiger partial charge in [0.15, 0.2) is 0 Å². The van der Waals surface area contributed by atoms with Crippen molar-refractivity contribution in [2.45, 2.75) is 37.5 Å². The molecular formula is C12H19ClN2O2S. The molecule has 3 N–H and O–H groups in total. The Morgan fingerprint density at radius 1 is 1.28 bits per heavy atom. The topological polar surface area (TPSA) is 72.2 Å². The summed E-state index contributed by atoms with van der Waals surface area (Å²) in [5.41, 5.74) is 5.91. The van der Waals surface area contributed by atoms with Crippen molar-refractivity contribution >= 4 is 27.3 Å². The SMILES string of the molecule is CCCCCCNS(=O)(=O)c1ccc(N)c(Cl)c1. The van der Waals surface area contributed by atoms with Gasteiger partial charge in [0.25, 0.3) is 0 Å². The summed E-state index contributed by atoms with van der Waals surface area (Å²) in [5, 5.41) is 0.254. The molecule has 0 spiro atoms. The van der Waals surface area contributed by atoms with Crippen molar-refractivity contribution in [3.05, 3.63) is 23.2 Å². The Balaban J connectivity index is 2.60. The van der Waals surface area contributed by atoms with Gasteiger partial charge in [0, 0.05) is 6.54 Å². The first-order valence-corrected chi connectivity index (χ1v) is 7.88. The summed E-state index contributed by atoms with van der Waals surface area (Å²) in [5.74, 6) is 0. The summed E-state index contributed by atoms with van der Waals surface area (Å²) in [6, 6.07) is 4.31. The lowest BCUT2D eigenvalue weighted by Crippen LogP contribution is -2.24. The summed E-state index contributed by atoms with van der Waals surface area (Å²) in [4.78, 5) is 0.150. The van der Waals surface area contributed by atoms with E-state index in [-0.39, 0.29) is 9.92 Å². The zero-order valence-electron chi connectivity index (χ0n) is 10.4. The molecule has 0 aromatic heterocycles. The zero-order chi connectivity index (χ0) is 13.6. The molecule has 0 saturated heterocycles. The molecule has 1 rings (SSSR count). The highest BCUT2D eigenvalue weighted by Crippen LogP contribution is 2.22. The van der Waals surface area contributed by atoms with Crippen molar-refractivity contribution in [3.63, 3.8) is 0 Å². The van der Waals surface area contributed by atoms with E-state index in [1.807, 2.05) is 0 Å². The molecule has 18 heavy (non-hydrogen) atoms. The lowest BCUT2D eigenvalue weighted by atomic mass is 10.2. The van der Waals surface area contributed by atoms with Gasteiger partial charge >= 0.3 is 0 Å². The van der Waals surface area contributed by atoms with Crippen molar-refractivity contribution < 1.29 is 8.42 Å².